The van der Waals surface area contributed by atoms with Gasteiger partial charge in [-0.05, 0) is 18.3 Å². The Hall–Kier alpha value is -1.14. The molecule has 2 amide bonds. The highest BCUT2D eigenvalue weighted by molar-refractivity contribution is 6.05. The quantitative estimate of drug-likeness (QED) is 0.736. The molecular weight excluding hydrogens is 294 g/mol. The fourth-order valence-corrected chi connectivity index (χ4v) is 3.26. The number of nitrogens with zero attached hydrogens (tertiary/aromatic N) is 2. The highest BCUT2D eigenvalue weighted by Gasteiger charge is 2.52. The number of amides is 2. The summed E-state index contributed by atoms with van der Waals surface area (Å²) in [4.78, 5) is 28.9. The summed E-state index contributed by atoms with van der Waals surface area (Å²) in [6.07, 6.45) is 1.88. The van der Waals surface area contributed by atoms with E-state index in [1.807, 2.05) is 25.7 Å². The van der Waals surface area contributed by atoms with Gasteiger partial charge in [0.2, 0.25) is 11.8 Å². The molecule has 1 saturated heterocycles. The molecule has 0 unspecified atom stereocenters. The van der Waals surface area contributed by atoms with Gasteiger partial charge in [-0.3, -0.25) is 14.5 Å². The van der Waals surface area contributed by atoms with E-state index in [4.69, 9.17) is 0 Å². The Morgan fingerprint density at radius 1 is 1.17 bits per heavy atom. The lowest BCUT2D eigenvalue weighted by molar-refractivity contribution is -0.158. The molecule has 1 atom stereocenters. The minimum atomic E-state index is -0.818. The van der Waals surface area contributed by atoms with Crippen molar-refractivity contribution >= 4 is 11.8 Å². The van der Waals surface area contributed by atoms with E-state index in [-0.39, 0.29) is 23.3 Å². The van der Waals surface area contributed by atoms with E-state index in [0.29, 0.717) is 32.5 Å². The van der Waals surface area contributed by atoms with Crippen molar-refractivity contribution in [2.45, 2.75) is 46.1 Å². The first-order valence-electron chi connectivity index (χ1n) is 8.63. The van der Waals surface area contributed by atoms with E-state index in [1.165, 1.54) is 0 Å². The standard InChI is InChI=1S/C17H31N3O3/c1-16(2,3)13(21)12-19-8-10-20(11-9-19)15(23)17(6-5-7-17)14(22)18-4/h13,21H,5-12H2,1-4H3,(H,18,22)/t13-/m1/s1. The van der Waals surface area contributed by atoms with Crippen LogP contribution in [-0.4, -0.2) is 72.6 Å². The molecule has 2 aliphatic rings. The van der Waals surface area contributed by atoms with E-state index in [1.54, 1.807) is 7.05 Å². The Bertz CT molecular complexity index is 446. The maximum absolute atomic E-state index is 12.8. The Labute approximate surface area is 139 Å². The number of rotatable bonds is 4. The van der Waals surface area contributed by atoms with Gasteiger partial charge in [-0.15, -0.1) is 0 Å². The second-order valence-electron chi connectivity index (χ2n) is 7.99. The van der Waals surface area contributed by atoms with Crippen molar-refractivity contribution in [1.82, 2.24) is 15.1 Å². The summed E-state index contributed by atoms with van der Waals surface area (Å²) in [5.74, 6) is -0.154. The molecular formula is C17H31N3O3. The van der Waals surface area contributed by atoms with Crippen LogP contribution < -0.4 is 5.32 Å². The lowest BCUT2D eigenvalue weighted by atomic mass is 9.67. The number of hydrogen-bond donors (Lipinski definition) is 2. The van der Waals surface area contributed by atoms with Gasteiger partial charge in [0.15, 0.2) is 0 Å². The molecule has 0 spiro atoms. The first kappa shape index (κ1) is 18.2. The number of nitrogens with one attached hydrogen (secondary N) is 1. The molecule has 0 aromatic carbocycles. The van der Waals surface area contributed by atoms with Crippen LogP contribution in [0.2, 0.25) is 0 Å². The van der Waals surface area contributed by atoms with E-state index in [0.717, 1.165) is 19.5 Å². The van der Waals surface area contributed by atoms with Gasteiger partial charge in [0, 0.05) is 39.8 Å². The molecule has 1 saturated carbocycles. The maximum atomic E-state index is 12.8. The number of aliphatic hydroxyl groups excluding tert-OH is 1. The molecule has 6 heteroatoms. The number of β-amino-alcohol motifs (C(OH)–C–C–N with tert-alkyl or cyclic N) is 1. The average molecular weight is 325 g/mol. The maximum Gasteiger partial charge on any atom is 0.238 e. The van der Waals surface area contributed by atoms with Crippen LogP contribution in [0, 0.1) is 10.8 Å². The van der Waals surface area contributed by atoms with Crippen molar-refractivity contribution in [3.05, 3.63) is 0 Å². The van der Waals surface area contributed by atoms with Crippen LogP contribution in [0.3, 0.4) is 0 Å². The number of carbonyl (C=O) groups is 2. The van der Waals surface area contributed by atoms with Crippen molar-refractivity contribution in [1.29, 1.82) is 0 Å². The van der Waals surface area contributed by atoms with Crippen molar-refractivity contribution in [3.63, 3.8) is 0 Å². The van der Waals surface area contributed by atoms with Crippen LogP contribution in [0.1, 0.15) is 40.0 Å². The fraction of sp³-hybridized carbons (Fsp3) is 0.882. The molecule has 1 aliphatic heterocycles. The summed E-state index contributed by atoms with van der Waals surface area (Å²) in [7, 11) is 1.60. The van der Waals surface area contributed by atoms with Gasteiger partial charge in [0.1, 0.15) is 5.41 Å². The van der Waals surface area contributed by atoms with E-state index < -0.39 is 5.41 Å². The molecule has 132 valence electrons. The van der Waals surface area contributed by atoms with Gasteiger partial charge in [-0.2, -0.15) is 0 Å². The van der Waals surface area contributed by atoms with Crippen molar-refractivity contribution in [2.75, 3.05) is 39.8 Å². The first-order valence-corrected chi connectivity index (χ1v) is 8.63. The molecule has 2 fully saturated rings. The topological polar surface area (TPSA) is 72.9 Å². The second-order valence-corrected chi connectivity index (χ2v) is 7.99. The van der Waals surface area contributed by atoms with Gasteiger partial charge in [-0.1, -0.05) is 27.2 Å². The monoisotopic (exact) mass is 325 g/mol. The smallest absolute Gasteiger partial charge is 0.238 e. The molecule has 0 aromatic heterocycles. The second kappa shape index (κ2) is 6.77. The summed E-state index contributed by atoms with van der Waals surface area (Å²) in [5.41, 5.74) is -0.954. The number of aliphatic hydroxyl groups is 1. The molecule has 6 nitrogen and oxygen atoms in total. The van der Waals surface area contributed by atoms with E-state index >= 15 is 0 Å². The normalized spacial score (nSPS) is 23.1. The lowest BCUT2D eigenvalue weighted by Gasteiger charge is -2.44. The van der Waals surface area contributed by atoms with Gasteiger partial charge in [0.25, 0.3) is 0 Å². The van der Waals surface area contributed by atoms with Crippen LogP contribution >= 0.6 is 0 Å². The predicted molar refractivity (Wildman–Crippen MR) is 88.8 cm³/mol. The highest BCUT2D eigenvalue weighted by Crippen LogP contribution is 2.43. The van der Waals surface area contributed by atoms with Gasteiger partial charge >= 0.3 is 0 Å². The van der Waals surface area contributed by atoms with Crippen molar-refractivity contribution in [3.8, 4) is 0 Å². The van der Waals surface area contributed by atoms with Gasteiger partial charge in [0.05, 0.1) is 6.10 Å². The van der Waals surface area contributed by atoms with Gasteiger partial charge < -0.3 is 15.3 Å². The Balaban J connectivity index is 1.89. The molecule has 0 aromatic rings. The van der Waals surface area contributed by atoms with Crippen LogP contribution in [0.15, 0.2) is 0 Å². The minimum Gasteiger partial charge on any atom is -0.391 e. The Morgan fingerprint density at radius 3 is 2.13 bits per heavy atom. The third-order valence-electron chi connectivity index (χ3n) is 5.37. The zero-order chi connectivity index (χ0) is 17.3. The predicted octanol–water partition coefficient (Wildman–Crippen LogP) is 0.454. The molecule has 1 aliphatic carbocycles. The summed E-state index contributed by atoms with van der Waals surface area (Å²) < 4.78 is 0. The van der Waals surface area contributed by atoms with Crippen molar-refractivity contribution in [2.24, 2.45) is 10.8 Å². The zero-order valence-corrected chi connectivity index (χ0v) is 14.9. The molecule has 1 heterocycles. The van der Waals surface area contributed by atoms with Gasteiger partial charge in [-0.25, -0.2) is 0 Å². The minimum absolute atomic E-state index is 0.0147. The van der Waals surface area contributed by atoms with Crippen molar-refractivity contribution < 1.29 is 14.7 Å². The van der Waals surface area contributed by atoms with Crippen LogP contribution in [0.5, 0.6) is 0 Å². The number of carbonyl (C=O) groups excluding carboxylic acids is 2. The number of hydrogen-bond acceptors (Lipinski definition) is 4. The third kappa shape index (κ3) is 3.69. The summed E-state index contributed by atoms with van der Waals surface area (Å²) in [5, 5.41) is 12.9. The van der Waals surface area contributed by atoms with Crippen LogP contribution in [-0.2, 0) is 9.59 Å². The summed E-state index contributed by atoms with van der Waals surface area (Å²) in [6.45, 7) is 9.49. The van der Waals surface area contributed by atoms with E-state index in [2.05, 4.69) is 10.2 Å². The zero-order valence-electron chi connectivity index (χ0n) is 14.9. The van der Waals surface area contributed by atoms with Crippen LogP contribution in [0.4, 0.5) is 0 Å². The van der Waals surface area contributed by atoms with Crippen LogP contribution in [0.25, 0.3) is 0 Å². The Kier molecular flexibility index (Phi) is 5.36. The molecule has 0 radical (unpaired) electrons. The Morgan fingerprint density at radius 2 is 1.74 bits per heavy atom. The highest BCUT2D eigenvalue weighted by atomic mass is 16.3. The molecule has 2 N–H and O–H groups in total. The SMILES string of the molecule is CNC(=O)C1(C(=O)N2CCN(C[C@@H](O)C(C)(C)C)CC2)CCC1. The molecule has 2 rings (SSSR count). The number of piperazine rings is 1. The average Bonchev–Trinajstić information content (AvgIpc) is 2.45. The summed E-state index contributed by atoms with van der Waals surface area (Å²) in [6, 6.07) is 0. The van der Waals surface area contributed by atoms with E-state index in [9.17, 15) is 14.7 Å². The fourth-order valence-electron chi connectivity index (χ4n) is 3.26. The lowest BCUT2D eigenvalue weighted by Crippen LogP contribution is -2.60. The molecule has 23 heavy (non-hydrogen) atoms. The largest absolute Gasteiger partial charge is 0.391 e. The summed E-state index contributed by atoms with van der Waals surface area (Å²) >= 11 is 0. The third-order valence-corrected chi connectivity index (χ3v) is 5.37. The molecule has 0 bridgehead atoms. The first-order chi connectivity index (χ1) is 10.7.